The molecule has 0 saturated carbocycles. The molecule has 0 saturated heterocycles. The number of carbonyl (C=O) groups is 1. The highest BCUT2D eigenvalue weighted by Crippen LogP contribution is 2.31. The molecule has 25 heavy (non-hydrogen) atoms. The minimum absolute atomic E-state index is 0.00356. The Morgan fingerprint density at radius 3 is 2.32 bits per heavy atom. The third kappa shape index (κ3) is 3.87. The van der Waals surface area contributed by atoms with Gasteiger partial charge in [0.2, 0.25) is 0 Å². The van der Waals surface area contributed by atoms with Crippen LogP contribution in [0.2, 0.25) is 0 Å². The van der Waals surface area contributed by atoms with Crippen LogP contribution in [0, 0.1) is 0 Å². The topological polar surface area (TPSA) is 42.0 Å². The Kier molecular flexibility index (Phi) is 5.12. The first-order valence-corrected chi connectivity index (χ1v) is 8.53. The summed E-state index contributed by atoms with van der Waals surface area (Å²) in [4.78, 5) is 16.7. The Bertz CT molecular complexity index is 741. The molecule has 1 heterocycles. The average molecular weight is 340 g/mol. The summed E-state index contributed by atoms with van der Waals surface area (Å²) in [5.74, 6) is 1.34. The van der Waals surface area contributed by atoms with Gasteiger partial charge in [0.25, 0.3) is 5.91 Å². The van der Waals surface area contributed by atoms with Gasteiger partial charge in [0, 0.05) is 38.4 Å². The van der Waals surface area contributed by atoms with Gasteiger partial charge in [-0.05, 0) is 42.8 Å². The Morgan fingerprint density at radius 1 is 1.00 bits per heavy atom. The first-order valence-electron chi connectivity index (χ1n) is 8.53. The van der Waals surface area contributed by atoms with Crippen LogP contribution in [-0.4, -0.2) is 44.7 Å². The summed E-state index contributed by atoms with van der Waals surface area (Å²) in [7, 11) is 4.03. The molecule has 0 aliphatic carbocycles. The Hall–Kier alpha value is -2.69. The van der Waals surface area contributed by atoms with Crippen molar-refractivity contribution in [3.8, 4) is 11.5 Å². The highest BCUT2D eigenvalue weighted by atomic mass is 16.6. The summed E-state index contributed by atoms with van der Waals surface area (Å²) >= 11 is 0. The molecule has 1 aliphatic heterocycles. The predicted molar refractivity (Wildman–Crippen MR) is 98.6 cm³/mol. The molecule has 0 fully saturated rings. The maximum Gasteiger partial charge on any atom is 0.254 e. The second-order valence-corrected chi connectivity index (χ2v) is 6.24. The molecule has 0 N–H and O–H groups in total. The highest BCUT2D eigenvalue weighted by molar-refractivity contribution is 5.95. The van der Waals surface area contributed by atoms with Crippen LogP contribution >= 0.6 is 0 Å². The number of amides is 1. The monoisotopic (exact) mass is 340 g/mol. The Labute approximate surface area is 148 Å². The number of rotatable bonds is 5. The molecule has 0 spiro atoms. The number of nitrogens with zero attached hydrogens (tertiary/aromatic N) is 2. The van der Waals surface area contributed by atoms with Gasteiger partial charge >= 0.3 is 0 Å². The summed E-state index contributed by atoms with van der Waals surface area (Å²) in [5, 5.41) is 0. The smallest absolute Gasteiger partial charge is 0.254 e. The molecule has 5 nitrogen and oxygen atoms in total. The van der Waals surface area contributed by atoms with Gasteiger partial charge < -0.3 is 19.3 Å². The molecule has 0 atom stereocenters. The van der Waals surface area contributed by atoms with E-state index in [2.05, 4.69) is 29.2 Å². The van der Waals surface area contributed by atoms with Crippen molar-refractivity contribution >= 4 is 11.6 Å². The summed E-state index contributed by atoms with van der Waals surface area (Å²) < 4.78 is 11.1. The normalized spacial score (nSPS) is 12.6. The second kappa shape index (κ2) is 7.47. The fourth-order valence-corrected chi connectivity index (χ4v) is 2.81. The van der Waals surface area contributed by atoms with Crippen LogP contribution in [0.25, 0.3) is 0 Å². The van der Waals surface area contributed by atoms with E-state index in [0.29, 0.717) is 43.4 Å². The van der Waals surface area contributed by atoms with Gasteiger partial charge in [0.15, 0.2) is 11.5 Å². The molecule has 1 amide bonds. The van der Waals surface area contributed by atoms with Crippen LogP contribution in [0.3, 0.4) is 0 Å². The lowest BCUT2D eigenvalue weighted by Crippen LogP contribution is -2.30. The number of anilines is 1. The van der Waals surface area contributed by atoms with Crippen molar-refractivity contribution in [1.29, 1.82) is 0 Å². The molecule has 132 valence electrons. The lowest BCUT2D eigenvalue weighted by Gasteiger charge is -2.23. The average Bonchev–Trinajstić information content (AvgIpc) is 2.65. The molecular weight excluding hydrogens is 316 g/mol. The molecule has 5 heteroatoms. The first kappa shape index (κ1) is 17.1. The predicted octanol–water partition coefficient (Wildman–Crippen LogP) is 3.19. The molecule has 2 aromatic carbocycles. The minimum Gasteiger partial charge on any atom is -0.486 e. The number of fused-ring (bicyclic) bond motifs is 1. The van der Waals surface area contributed by atoms with Crippen LogP contribution in [0.1, 0.15) is 22.8 Å². The van der Waals surface area contributed by atoms with Crippen LogP contribution < -0.4 is 14.4 Å². The van der Waals surface area contributed by atoms with Crippen molar-refractivity contribution in [2.24, 2.45) is 0 Å². The second-order valence-electron chi connectivity index (χ2n) is 6.24. The lowest BCUT2D eigenvalue weighted by molar-refractivity contribution is 0.0751. The van der Waals surface area contributed by atoms with E-state index in [-0.39, 0.29) is 5.91 Å². The number of hydrogen-bond donors (Lipinski definition) is 0. The molecule has 1 aliphatic rings. The third-order valence-corrected chi connectivity index (χ3v) is 4.28. The van der Waals surface area contributed by atoms with Crippen molar-refractivity contribution in [3.05, 3.63) is 53.6 Å². The van der Waals surface area contributed by atoms with Gasteiger partial charge in [-0.1, -0.05) is 12.1 Å². The maximum atomic E-state index is 12.9. The fourth-order valence-electron chi connectivity index (χ4n) is 2.81. The highest BCUT2D eigenvalue weighted by Gasteiger charge is 2.19. The molecule has 2 aromatic rings. The van der Waals surface area contributed by atoms with E-state index < -0.39 is 0 Å². The zero-order valence-corrected chi connectivity index (χ0v) is 15.0. The van der Waals surface area contributed by atoms with Crippen LogP contribution in [0.4, 0.5) is 5.69 Å². The molecule has 0 aromatic heterocycles. The summed E-state index contributed by atoms with van der Waals surface area (Å²) in [5.41, 5.74) is 2.87. The summed E-state index contributed by atoms with van der Waals surface area (Å²) in [6.07, 6.45) is 0. The number of carbonyl (C=O) groups excluding carboxylic acids is 1. The van der Waals surface area contributed by atoms with E-state index in [1.165, 1.54) is 0 Å². The minimum atomic E-state index is -0.00356. The maximum absolute atomic E-state index is 12.9. The Morgan fingerprint density at radius 2 is 1.68 bits per heavy atom. The van der Waals surface area contributed by atoms with Gasteiger partial charge in [-0.2, -0.15) is 0 Å². The van der Waals surface area contributed by atoms with E-state index in [0.717, 1.165) is 11.3 Å². The van der Waals surface area contributed by atoms with Gasteiger partial charge in [-0.15, -0.1) is 0 Å². The van der Waals surface area contributed by atoms with Gasteiger partial charge in [0.05, 0.1) is 0 Å². The van der Waals surface area contributed by atoms with Crippen LogP contribution in [-0.2, 0) is 6.54 Å². The largest absolute Gasteiger partial charge is 0.486 e. The van der Waals surface area contributed by atoms with E-state index in [1.54, 1.807) is 18.2 Å². The van der Waals surface area contributed by atoms with Gasteiger partial charge in [-0.25, -0.2) is 0 Å². The SMILES string of the molecule is CCN(Cc1ccc(N(C)C)cc1)C(=O)c1ccc2c(c1)OCCO2. The first-order chi connectivity index (χ1) is 12.1. The lowest BCUT2D eigenvalue weighted by atomic mass is 10.1. The zero-order chi connectivity index (χ0) is 17.8. The van der Waals surface area contributed by atoms with E-state index in [4.69, 9.17) is 9.47 Å². The van der Waals surface area contributed by atoms with Gasteiger partial charge in [-0.3, -0.25) is 4.79 Å². The summed E-state index contributed by atoms with van der Waals surface area (Å²) in [6, 6.07) is 13.6. The number of hydrogen-bond acceptors (Lipinski definition) is 4. The van der Waals surface area contributed by atoms with Crippen molar-refractivity contribution in [1.82, 2.24) is 4.90 Å². The fraction of sp³-hybridized carbons (Fsp3) is 0.350. The standard InChI is InChI=1S/C20H24N2O3/c1-4-22(14-15-5-8-17(9-6-15)21(2)3)20(23)16-7-10-18-19(13-16)25-12-11-24-18/h5-10,13H,4,11-12,14H2,1-3H3. The molecular formula is C20H24N2O3. The van der Waals surface area contributed by atoms with Gasteiger partial charge in [0.1, 0.15) is 13.2 Å². The molecule has 0 radical (unpaired) electrons. The third-order valence-electron chi connectivity index (χ3n) is 4.28. The van der Waals surface area contributed by atoms with Crippen molar-refractivity contribution < 1.29 is 14.3 Å². The Balaban J connectivity index is 1.74. The van der Waals surface area contributed by atoms with Crippen molar-refractivity contribution in [2.45, 2.75) is 13.5 Å². The molecule has 0 unspecified atom stereocenters. The van der Waals surface area contributed by atoms with Crippen molar-refractivity contribution in [2.75, 3.05) is 38.8 Å². The van der Waals surface area contributed by atoms with Crippen LogP contribution in [0.15, 0.2) is 42.5 Å². The molecule has 3 rings (SSSR count). The van der Waals surface area contributed by atoms with E-state index in [1.807, 2.05) is 25.9 Å². The van der Waals surface area contributed by atoms with E-state index >= 15 is 0 Å². The van der Waals surface area contributed by atoms with E-state index in [9.17, 15) is 4.79 Å². The summed E-state index contributed by atoms with van der Waals surface area (Å²) in [6.45, 7) is 4.27. The zero-order valence-electron chi connectivity index (χ0n) is 15.0. The number of benzene rings is 2. The quantitative estimate of drug-likeness (QED) is 0.838. The molecule has 0 bridgehead atoms. The number of ether oxygens (including phenoxy) is 2. The van der Waals surface area contributed by atoms with Crippen LogP contribution in [0.5, 0.6) is 11.5 Å². The van der Waals surface area contributed by atoms with Crippen molar-refractivity contribution in [3.63, 3.8) is 0 Å².